The molecule has 0 spiro atoms. The molecule has 1 aromatic carbocycles. The first-order valence-electron chi connectivity index (χ1n) is 8.95. The highest BCUT2D eigenvalue weighted by molar-refractivity contribution is 5.98. The van der Waals surface area contributed by atoms with E-state index in [9.17, 15) is 9.90 Å². The van der Waals surface area contributed by atoms with Crippen LogP contribution in [0.3, 0.4) is 0 Å². The summed E-state index contributed by atoms with van der Waals surface area (Å²) in [6.45, 7) is 7.36. The number of rotatable bonds is 4. The first-order chi connectivity index (χ1) is 11.8. The molecule has 136 valence electrons. The molecule has 1 aliphatic rings. The van der Waals surface area contributed by atoms with Crippen molar-refractivity contribution in [1.29, 1.82) is 0 Å². The number of hydrogen-bond donors (Lipinski definition) is 2. The van der Waals surface area contributed by atoms with Crippen molar-refractivity contribution in [3.8, 4) is 5.75 Å². The van der Waals surface area contributed by atoms with E-state index in [4.69, 9.17) is 4.74 Å². The Balaban J connectivity index is 1.72. The van der Waals surface area contributed by atoms with Gasteiger partial charge < -0.3 is 19.7 Å². The largest absolute Gasteiger partial charge is 0.497 e. The lowest BCUT2D eigenvalue weighted by molar-refractivity contribution is 0.0200. The van der Waals surface area contributed by atoms with Crippen LogP contribution in [0.5, 0.6) is 5.75 Å². The number of hydrogen-bond acceptors (Lipinski definition) is 3. The maximum atomic E-state index is 12.9. The van der Waals surface area contributed by atoms with Gasteiger partial charge in [-0.1, -0.05) is 6.92 Å². The summed E-state index contributed by atoms with van der Waals surface area (Å²) in [5.41, 5.74) is 0.909. The molecule has 0 radical (unpaired) electrons. The van der Waals surface area contributed by atoms with E-state index in [-0.39, 0.29) is 5.91 Å². The van der Waals surface area contributed by atoms with Gasteiger partial charge in [-0.05, 0) is 62.8 Å². The molecule has 1 fully saturated rings. The number of amides is 1. The highest BCUT2D eigenvalue weighted by atomic mass is 16.5. The van der Waals surface area contributed by atoms with E-state index < -0.39 is 5.60 Å². The van der Waals surface area contributed by atoms with Crippen molar-refractivity contribution < 1.29 is 14.6 Å². The summed E-state index contributed by atoms with van der Waals surface area (Å²) in [5.74, 6) is 1.67. The molecule has 2 aromatic rings. The van der Waals surface area contributed by atoms with E-state index in [1.165, 1.54) is 0 Å². The third kappa shape index (κ3) is 3.98. The minimum Gasteiger partial charge on any atom is -0.497 e. The molecule has 2 unspecified atom stereocenters. The second-order valence-corrected chi connectivity index (χ2v) is 7.93. The molecule has 2 heterocycles. The Morgan fingerprint density at radius 2 is 2.16 bits per heavy atom. The first-order valence-corrected chi connectivity index (χ1v) is 8.95. The van der Waals surface area contributed by atoms with Gasteiger partial charge in [0, 0.05) is 24.0 Å². The number of likely N-dealkylation sites (tertiary alicyclic amines) is 1. The van der Waals surface area contributed by atoms with Crippen LogP contribution in [0.25, 0.3) is 10.9 Å². The van der Waals surface area contributed by atoms with Crippen LogP contribution in [0.1, 0.15) is 44.1 Å². The smallest absolute Gasteiger partial charge is 0.270 e. The third-order valence-corrected chi connectivity index (χ3v) is 5.19. The van der Waals surface area contributed by atoms with Crippen LogP contribution in [0.2, 0.25) is 0 Å². The minimum atomic E-state index is -0.651. The van der Waals surface area contributed by atoms with Gasteiger partial charge in [0.1, 0.15) is 11.4 Å². The van der Waals surface area contributed by atoms with Gasteiger partial charge in [-0.3, -0.25) is 4.79 Å². The Hall–Kier alpha value is -2.01. The van der Waals surface area contributed by atoms with E-state index in [2.05, 4.69) is 11.9 Å². The number of methoxy groups -OCH3 is 1. The SMILES string of the molecule is COc1ccc2[nH]c(C(=O)N3CCC(CC(C)(C)O)C(C)C3)cc2c1. The second kappa shape index (κ2) is 6.71. The van der Waals surface area contributed by atoms with Crippen molar-refractivity contribution in [2.24, 2.45) is 11.8 Å². The number of carbonyl (C=O) groups is 1. The van der Waals surface area contributed by atoms with Crippen LogP contribution in [0.15, 0.2) is 24.3 Å². The highest BCUT2D eigenvalue weighted by Gasteiger charge is 2.32. The normalized spacial score (nSPS) is 21.6. The Morgan fingerprint density at radius 1 is 1.40 bits per heavy atom. The van der Waals surface area contributed by atoms with Crippen LogP contribution in [0.4, 0.5) is 0 Å². The molecular weight excluding hydrogens is 316 g/mol. The van der Waals surface area contributed by atoms with Crippen molar-refractivity contribution in [2.75, 3.05) is 20.2 Å². The molecule has 2 N–H and O–H groups in total. The molecule has 0 bridgehead atoms. The van der Waals surface area contributed by atoms with Crippen LogP contribution < -0.4 is 4.74 Å². The average Bonchev–Trinajstić information content (AvgIpc) is 2.97. The lowest BCUT2D eigenvalue weighted by atomic mass is 9.80. The molecule has 0 aliphatic carbocycles. The van der Waals surface area contributed by atoms with Crippen molar-refractivity contribution >= 4 is 16.8 Å². The zero-order valence-corrected chi connectivity index (χ0v) is 15.5. The number of nitrogens with one attached hydrogen (secondary N) is 1. The van der Waals surface area contributed by atoms with E-state index >= 15 is 0 Å². The maximum absolute atomic E-state index is 12.9. The highest BCUT2D eigenvalue weighted by Crippen LogP contribution is 2.31. The number of aromatic nitrogens is 1. The number of benzene rings is 1. The lowest BCUT2D eigenvalue weighted by Crippen LogP contribution is -2.44. The van der Waals surface area contributed by atoms with E-state index in [0.717, 1.165) is 42.6 Å². The number of carbonyl (C=O) groups excluding carboxylic acids is 1. The summed E-state index contributed by atoms with van der Waals surface area (Å²) in [4.78, 5) is 18.0. The summed E-state index contributed by atoms with van der Waals surface area (Å²) >= 11 is 0. The van der Waals surface area contributed by atoms with Gasteiger partial charge in [-0.2, -0.15) is 0 Å². The average molecular weight is 344 g/mol. The van der Waals surface area contributed by atoms with Gasteiger partial charge in [0.05, 0.1) is 12.7 Å². The number of aliphatic hydroxyl groups is 1. The van der Waals surface area contributed by atoms with Gasteiger partial charge in [0.2, 0.25) is 0 Å². The number of H-pyrrole nitrogens is 1. The molecular formula is C20H28N2O3. The Labute approximate surface area is 149 Å². The molecule has 1 saturated heterocycles. The summed E-state index contributed by atoms with van der Waals surface area (Å²) in [7, 11) is 1.64. The zero-order chi connectivity index (χ0) is 18.2. The summed E-state index contributed by atoms with van der Waals surface area (Å²) < 4.78 is 5.24. The zero-order valence-electron chi connectivity index (χ0n) is 15.5. The molecule has 0 saturated carbocycles. The van der Waals surface area contributed by atoms with Gasteiger partial charge in [-0.25, -0.2) is 0 Å². The Morgan fingerprint density at radius 3 is 2.80 bits per heavy atom. The molecule has 2 atom stereocenters. The van der Waals surface area contributed by atoms with Gasteiger partial charge in [0.25, 0.3) is 5.91 Å². The van der Waals surface area contributed by atoms with E-state index in [1.807, 2.05) is 43.0 Å². The van der Waals surface area contributed by atoms with Crippen molar-refractivity contribution in [3.63, 3.8) is 0 Å². The molecule has 1 aliphatic heterocycles. The fourth-order valence-corrected chi connectivity index (χ4v) is 3.85. The van der Waals surface area contributed by atoms with Crippen molar-refractivity contribution in [1.82, 2.24) is 9.88 Å². The number of fused-ring (bicyclic) bond motifs is 1. The van der Waals surface area contributed by atoms with Crippen molar-refractivity contribution in [3.05, 3.63) is 30.0 Å². The summed E-state index contributed by atoms with van der Waals surface area (Å²) in [5, 5.41) is 11.0. The molecule has 5 heteroatoms. The predicted octanol–water partition coefficient (Wildman–Crippen LogP) is 3.44. The number of aromatic amines is 1. The van der Waals surface area contributed by atoms with Gasteiger partial charge in [0.15, 0.2) is 0 Å². The molecule has 3 rings (SSSR count). The summed E-state index contributed by atoms with van der Waals surface area (Å²) in [6, 6.07) is 7.65. The van der Waals surface area contributed by atoms with E-state index in [0.29, 0.717) is 17.5 Å². The maximum Gasteiger partial charge on any atom is 0.270 e. The lowest BCUT2D eigenvalue weighted by Gasteiger charge is -2.39. The fourth-order valence-electron chi connectivity index (χ4n) is 3.85. The fraction of sp³-hybridized carbons (Fsp3) is 0.550. The third-order valence-electron chi connectivity index (χ3n) is 5.19. The first kappa shape index (κ1) is 17.8. The van der Waals surface area contributed by atoms with Crippen LogP contribution >= 0.6 is 0 Å². The quantitative estimate of drug-likeness (QED) is 0.893. The number of piperidine rings is 1. The van der Waals surface area contributed by atoms with Gasteiger partial charge >= 0.3 is 0 Å². The molecule has 5 nitrogen and oxygen atoms in total. The number of ether oxygens (including phenoxy) is 1. The Bertz CT molecular complexity index is 760. The van der Waals surface area contributed by atoms with Crippen LogP contribution in [0, 0.1) is 11.8 Å². The standard InChI is InChI=1S/C20H28N2O3/c1-13-12-22(8-7-14(13)11-20(2,3)24)19(23)18-10-15-9-16(25-4)5-6-17(15)21-18/h5-6,9-10,13-14,21,24H,7-8,11-12H2,1-4H3. The topological polar surface area (TPSA) is 65.6 Å². The monoisotopic (exact) mass is 344 g/mol. The van der Waals surface area contributed by atoms with Crippen LogP contribution in [-0.4, -0.2) is 46.7 Å². The molecule has 25 heavy (non-hydrogen) atoms. The molecule has 1 aromatic heterocycles. The van der Waals surface area contributed by atoms with Crippen LogP contribution in [-0.2, 0) is 0 Å². The van der Waals surface area contributed by atoms with E-state index in [1.54, 1.807) is 7.11 Å². The second-order valence-electron chi connectivity index (χ2n) is 7.93. The minimum absolute atomic E-state index is 0.0451. The number of nitrogens with zero attached hydrogens (tertiary/aromatic N) is 1. The molecule has 1 amide bonds. The Kier molecular flexibility index (Phi) is 4.78. The predicted molar refractivity (Wildman–Crippen MR) is 98.9 cm³/mol. The van der Waals surface area contributed by atoms with Gasteiger partial charge in [-0.15, -0.1) is 0 Å². The van der Waals surface area contributed by atoms with Crippen molar-refractivity contribution in [2.45, 2.75) is 39.2 Å². The summed E-state index contributed by atoms with van der Waals surface area (Å²) in [6.07, 6.45) is 1.72.